The lowest BCUT2D eigenvalue weighted by molar-refractivity contribution is -0.141. The standard InChI is InChI=1S/C31H48N4O6/c1-20(2)18-24(33-26(37)22-14-16-35(17-15-22)29(40)41-31(6,7)8)27(38)32-23(19-21-12-10-9-11-13-21)25(36)28(39)34-30(3,4)5/h9-13,20,22-24H,14-19H2,1-8H3,(H,32,38)(H,33,37)(H,34,39)/t23?,24-/m0/s1. The van der Waals surface area contributed by atoms with E-state index in [-0.39, 0.29) is 24.2 Å². The van der Waals surface area contributed by atoms with Crippen molar-refractivity contribution in [3.05, 3.63) is 35.9 Å². The molecule has 1 aliphatic rings. The number of carbonyl (C=O) groups is 5. The fourth-order valence-corrected chi connectivity index (χ4v) is 4.54. The van der Waals surface area contributed by atoms with Gasteiger partial charge < -0.3 is 25.6 Å². The normalized spacial score (nSPS) is 16.0. The predicted octanol–water partition coefficient (Wildman–Crippen LogP) is 3.38. The summed E-state index contributed by atoms with van der Waals surface area (Å²) in [6.07, 6.45) is 0.980. The van der Waals surface area contributed by atoms with E-state index in [1.54, 1.807) is 46.4 Å². The van der Waals surface area contributed by atoms with Crippen LogP contribution in [0.5, 0.6) is 0 Å². The van der Waals surface area contributed by atoms with Gasteiger partial charge in [0.05, 0.1) is 0 Å². The first-order valence-electron chi connectivity index (χ1n) is 14.4. The molecule has 228 valence electrons. The fourth-order valence-electron chi connectivity index (χ4n) is 4.54. The van der Waals surface area contributed by atoms with E-state index in [2.05, 4.69) is 16.0 Å². The fraction of sp³-hybridized carbons (Fsp3) is 0.645. The Morgan fingerprint density at radius 3 is 2.00 bits per heavy atom. The van der Waals surface area contributed by atoms with Crippen molar-refractivity contribution in [1.29, 1.82) is 0 Å². The highest BCUT2D eigenvalue weighted by Crippen LogP contribution is 2.21. The second-order valence-electron chi connectivity index (χ2n) is 13.3. The second-order valence-corrected chi connectivity index (χ2v) is 13.3. The molecule has 1 aromatic carbocycles. The third kappa shape index (κ3) is 11.9. The molecule has 10 nitrogen and oxygen atoms in total. The number of likely N-dealkylation sites (tertiary alicyclic amines) is 1. The van der Waals surface area contributed by atoms with Gasteiger partial charge in [-0.3, -0.25) is 19.2 Å². The molecule has 10 heteroatoms. The summed E-state index contributed by atoms with van der Waals surface area (Å²) < 4.78 is 5.43. The maximum Gasteiger partial charge on any atom is 0.410 e. The Morgan fingerprint density at radius 2 is 1.49 bits per heavy atom. The van der Waals surface area contributed by atoms with Crippen LogP contribution in [0.1, 0.15) is 80.2 Å². The van der Waals surface area contributed by atoms with Crippen molar-refractivity contribution in [3.63, 3.8) is 0 Å². The Balaban J connectivity index is 2.12. The summed E-state index contributed by atoms with van der Waals surface area (Å²) in [5.41, 5.74) is -0.437. The molecule has 1 fully saturated rings. The van der Waals surface area contributed by atoms with Crippen LogP contribution in [-0.2, 0) is 30.3 Å². The topological polar surface area (TPSA) is 134 Å². The number of hydrogen-bond acceptors (Lipinski definition) is 6. The minimum atomic E-state index is -1.10. The molecular weight excluding hydrogens is 524 g/mol. The van der Waals surface area contributed by atoms with Crippen LogP contribution in [0.3, 0.4) is 0 Å². The first-order valence-corrected chi connectivity index (χ1v) is 14.4. The smallest absolute Gasteiger partial charge is 0.410 e. The zero-order chi connectivity index (χ0) is 31.0. The average Bonchev–Trinajstić information content (AvgIpc) is 2.85. The lowest BCUT2D eigenvalue weighted by Gasteiger charge is -2.33. The van der Waals surface area contributed by atoms with Crippen molar-refractivity contribution in [3.8, 4) is 0 Å². The van der Waals surface area contributed by atoms with Crippen LogP contribution in [-0.4, -0.2) is 70.8 Å². The summed E-state index contributed by atoms with van der Waals surface area (Å²) in [5.74, 6) is -2.61. The molecule has 1 heterocycles. The minimum absolute atomic E-state index is 0.0764. The van der Waals surface area contributed by atoms with Crippen LogP contribution >= 0.6 is 0 Å². The molecule has 0 saturated carbocycles. The van der Waals surface area contributed by atoms with Crippen LogP contribution in [0.2, 0.25) is 0 Å². The zero-order valence-corrected chi connectivity index (χ0v) is 25.8. The van der Waals surface area contributed by atoms with Crippen molar-refractivity contribution in [2.75, 3.05) is 13.1 Å². The van der Waals surface area contributed by atoms with Crippen molar-refractivity contribution in [1.82, 2.24) is 20.9 Å². The highest BCUT2D eigenvalue weighted by atomic mass is 16.6. The van der Waals surface area contributed by atoms with Crippen molar-refractivity contribution in [2.45, 2.75) is 104 Å². The zero-order valence-electron chi connectivity index (χ0n) is 25.8. The van der Waals surface area contributed by atoms with Gasteiger partial charge in [0.25, 0.3) is 5.91 Å². The third-order valence-electron chi connectivity index (χ3n) is 6.49. The van der Waals surface area contributed by atoms with Crippen molar-refractivity contribution in [2.24, 2.45) is 11.8 Å². The van der Waals surface area contributed by atoms with Crippen LogP contribution in [0.25, 0.3) is 0 Å². The quantitative estimate of drug-likeness (QED) is 0.368. The number of hydrogen-bond donors (Lipinski definition) is 3. The molecular formula is C31H48N4O6. The monoisotopic (exact) mass is 572 g/mol. The van der Waals surface area contributed by atoms with E-state index in [9.17, 15) is 24.0 Å². The van der Waals surface area contributed by atoms with Gasteiger partial charge in [0.15, 0.2) is 0 Å². The van der Waals surface area contributed by atoms with E-state index in [1.807, 2.05) is 44.2 Å². The molecule has 0 aliphatic carbocycles. The summed E-state index contributed by atoms with van der Waals surface area (Å²) >= 11 is 0. The SMILES string of the molecule is CC(C)C[C@H](NC(=O)C1CCN(C(=O)OC(C)(C)C)CC1)C(=O)NC(Cc1ccccc1)C(=O)C(=O)NC(C)(C)C. The highest BCUT2D eigenvalue weighted by molar-refractivity contribution is 6.38. The number of nitrogens with zero attached hydrogens (tertiary/aromatic N) is 1. The largest absolute Gasteiger partial charge is 0.444 e. The Bertz CT molecular complexity index is 1070. The van der Waals surface area contributed by atoms with Gasteiger partial charge >= 0.3 is 6.09 Å². The van der Waals surface area contributed by atoms with Gasteiger partial charge in [-0.2, -0.15) is 0 Å². The van der Waals surface area contributed by atoms with Gasteiger partial charge in [-0.15, -0.1) is 0 Å². The highest BCUT2D eigenvalue weighted by Gasteiger charge is 2.34. The maximum atomic E-state index is 13.5. The first-order chi connectivity index (χ1) is 18.9. The van der Waals surface area contributed by atoms with Crippen LogP contribution in [0.4, 0.5) is 4.79 Å². The number of ether oxygens (including phenoxy) is 1. The number of Topliss-reactive ketones (excluding diaryl/α,β-unsaturated/α-hetero) is 1. The number of amides is 4. The second kappa shape index (κ2) is 14.5. The number of benzene rings is 1. The summed E-state index contributed by atoms with van der Waals surface area (Å²) in [5, 5.41) is 8.31. The number of piperidine rings is 1. The van der Waals surface area contributed by atoms with Gasteiger partial charge in [0.2, 0.25) is 17.6 Å². The molecule has 3 N–H and O–H groups in total. The van der Waals surface area contributed by atoms with E-state index >= 15 is 0 Å². The van der Waals surface area contributed by atoms with E-state index in [4.69, 9.17) is 4.74 Å². The third-order valence-corrected chi connectivity index (χ3v) is 6.49. The molecule has 0 aromatic heterocycles. The summed E-state index contributed by atoms with van der Waals surface area (Å²) in [6.45, 7) is 15.4. The molecule has 1 unspecified atom stereocenters. The van der Waals surface area contributed by atoms with Crippen LogP contribution < -0.4 is 16.0 Å². The van der Waals surface area contributed by atoms with Gasteiger partial charge in [0.1, 0.15) is 17.7 Å². The lowest BCUT2D eigenvalue weighted by atomic mass is 9.94. The lowest BCUT2D eigenvalue weighted by Crippen LogP contribution is -2.57. The molecule has 2 rings (SSSR count). The minimum Gasteiger partial charge on any atom is -0.444 e. The average molecular weight is 573 g/mol. The number of nitrogens with one attached hydrogen (secondary N) is 3. The first kappa shape index (κ1) is 33.8. The van der Waals surface area contributed by atoms with Gasteiger partial charge in [0, 0.05) is 31.0 Å². The number of carbonyl (C=O) groups excluding carboxylic acids is 5. The molecule has 0 bridgehead atoms. The summed E-state index contributed by atoms with van der Waals surface area (Å²) in [4.78, 5) is 66.6. The Hall–Kier alpha value is -3.43. The van der Waals surface area contributed by atoms with Gasteiger partial charge in [-0.1, -0.05) is 44.2 Å². The Kier molecular flexibility index (Phi) is 11.9. The van der Waals surface area contributed by atoms with E-state index in [1.165, 1.54) is 0 Å². The summed E-state index contributed by atoms with van der Waals surface area (Å²) in [7, 11) is 0. The molecule has 1 aromatic rings. The van der Waals surface area contributed by atoms with Gasteiger partial charge in [-0.25, -0.2) is 4.79 Å². The van der Waals surface area contributed by atoms with Crippen molar-refractivity contribution < 1.29 is 28.7 Å². The molecule has 0 radical (unpaired) electrons. The summed E-state index contributed by atoms with van der Waals surface area (Å²) in [6, 6.07) is 7.15. The Labute approximate surface area is 244 Å². The molecule has 4 amide bonds. The number of rotatable bonds is 10. The molecule has 2 atom stereocenters. The molecule has 41 heavy (non-hydrogen) atoms. The van der Waals surface area contributed by atoms with Crippen LogP contribution in [0.15, 0.2) is 30.3 Å². The molecule has 1 saturated heterocycles. The van der Waals surface area contributed by atoms with Gasteiger partial charge in [-0.05, 0) is 72.3 Å². The van der Waals surface area contributed by atoms with E-state index in [0.717, 1.165) is 5.56 Å². The van der Waals surface area contributed by atoms with E-state index in [0.29, 0.717) is 32.4 Å². The Morgan fingerprint density at radius 1 is 0.902 bits per heavy atom. The number of ketones is 1. The molecule has 0 spiro atoms. The van der Waals surface area contributed by atoms with Crippen LogP contribution in [0, 0.1) is 11.8 Å². The molecule has 1 aliphatic heterocycles. The van der Waals surface area contributed by atoms with Crippen molar-refractivity contribution >= 4 is 29.6 Å². The predicted molar refractivity (Wildman–Crippen MR) is 157 cm³/mol. The maximum absolute atomic E-state index is 13.5. The van der Waals surface area contributed by atoms with E-state index < -0.39 is 46.9 Å².